The van der Waals surface area contributed by atoms with Crippen molar-refractivity contribution >= 4 is 50.4 Å². The third kappa shape index (κ3) is 3.33. The number of hydrogen-bond donors (Lipinski definition) is 2. The van der Waals surface area contributed by atoms with Gasteiger partial charge in [0.25, 0.3) is 0 Å². The fourth-order valence-electron chi connectivity index (χ4n) is 1.49. The summed E-state index contributed by atoms with van der Waals surface area (Å²) in [6, 6.07) is 7.69. The number of benzene rings is 1. The quantitative estimate of drug-likeness (QED) is 0.902. The van der Waals surface area contributed by atoms with Crippen LogP contribution in [0.4, 0.5) is 17.3 Å². The maximum absolute atomic E-state index is 11.4. The molecule has 2 aromatic rings. The molecule has 0 spiro atoms. The van der Waals surface area contributed by atoms with Crippen LogP contribution in [-0.4, -0.2) is 19.7 Å². The fraction of sp³-hybridized carbons (Fsp3) is 0.0833. The molecule has 0 bridgehead atoms. The van der Waals surface area contributed by atoms with E-state index in [9.17, 15) is 8.42 Å². The van der Waals surface area contributed by atoms with E-state index in [4.69, 9.17) is 28.9 Å². The molecular weight excluding hydrogens is 321 g/mol. The Balaban J connectivity index is 2.29. The molecule has 106 valence electrons. The average molecular weight is 332 g/mol. The number of nitrogens with two attached hydrogens (primary N) is 1. The van der Waals surface area contributed by atoms with Crippen LogP contribution < -0.4 is 11.1 Å². The number of nitrogens with one attached hydrogen (secondary N) is 1. The van der Waals surface area contributed by atoms with Gasteiger partial charge in [-0.15, -0.1) is 0 Å². The van der Waals surface area contributed by atoms with Crippen LogP contribution in [0, 0.1) is 0 Å². The van der Waals surface area contributed by atoms with Gasteiger partial charge in [0.2, 0.25) is 0 Å². The van der Waals surface area contributed by atoms with Gasteiger partial charge in [-0.25, -0.2) is 13.4 Å². The Morgan fingerprint density at radius 3 is 2.30 bits per heavy atom. The minimum absolute atomic E-state index is 0.159. The van der Waals surface area contributed by atoms with Gasteiger partial charge >= 0.3 is 0 Å². The van der Waals surface area contributed by atoms with Crippen molar-refractivity contribution in [2.24, 2.45) is 0 Å². The van der Waals surface area contributed by atoms with Crippen LogP contribution >= 0.6 is 23.2 Å². The molecule has 0 saturated carbocycles. The Morgan fingerprint density at radius 1 is 1.15 bits per heavy atom. The molecule has 1 heterocycles. The summed E-state index contributed by atoms with van der Waals surface area (Å²) >= 11 is 11.8. The molecule has 3 N–H and O–H groups in total. The first-order chi connectivity index (χ1) is 9.27. The van der Waals surface area contributed by atoms with E-state index in [1.807, 2.05) is 0 Å². The third-order valence-corrected chi connectivity index (χ3v) is 4.22. The van der Waals surface area contributed by atoms with Gasteiger partial charge in [-0.2, -0.15) is 0 Å². The van der Waals surface area contributed by atoms with E-state index in [1.165, 1.54) is 18.2 Å². The predicted octanol–water partition coefficient (Wildman–Crippen LogP) is 3.12. The van der Waals surface area contributed by atoms with E-state index in [0.29, 0.717) is 16.5 Å². The lowest BCUT2D eigenvalue weighted by Crippen LogP contribution is -2.00. The van der Waals surface area contributed by atoms with E-state index in [-0.39, 0.29) is 15.7 Å². The number of aromatic nitrogens is 1. The molecule has 0 fully saturated rings. The van der Waals surface area contributed by atoms with E-state index in [2.05, 4.69) is 10.3 Å². The highest BCUT2D eigenvalue weighted by molar-refractivity contribution is 7.90. The molecule has 0 unspecified atom stereocenters. The molecule has 0 aliphatic rings. The molecule has 0 amide bonds. The van der Waals surface area contributed by atoms with Crippen LogP contribution in [-0.2, 0) is 9.84 Å². The number of nitrogen functional groups attached to an aromatic ring is 1. The Kier molecular flexibility index (Phi) is 4.08. The topological polar surface area (TPSA) is 85.1 Å². The molecule has 0 radical (unpaired) electrons. The van der Waals surface area contributed by atoms with Gasteiger partial charge in [-0.3, -0.25) is 0 Å². The van der Waals surface area contributed by atoms with Crippen molar-refractivity contribution < 1.29 is 8.42 Å². The van der Waals surface area contributed by atoms with Gasteiger partial charge in [-0.1, -0.05) is 23.2 Å². The van der Waals surface area contributed by atoms with E-state index in [0.717, 1.165) is 6.26 Å². The van der Waals surface area contributed by atoms with Crippen LogP contribution in [0.15, 0.2) is 35.2 Å². The van der Waals surface area contributed by atoms with E-state index < -0.39 is 9.84 Å². The van der Waals surface area contributed by atoms with Crippen molar-refractivity contribution in [3.8, 4) is 0 Å². The summed E-state index contributed by atoms with van der Waals surface area (Å²) in [5.41, 5.74) is 6.24. The highest BCUT2D eigenvalue weighted by Crippen LogP contribution is 2.29. The first-order valence-corrected chi connectivity index (χ1v) is 8.11. The summed E-state index contributed by atoms with van der Waals surface area (Å²) in [6.45, 7) is 0. The minimum atomic E-state index is -3.22. The molecule has 1 aromatic heterocycles. The second kappa shape index (κ2) is 5.47. The van der Waals surface area contributed by atoms with Crippen molar-refractivity contribution in [2.45, 2.75) is 4.90 Å². The van der Waals surface area contributed by atoms with Crippen molar-refractivity contribution in [3.05, 3.63) is 40.4 Å². The maximum Gasteiger partial charge on any atom is 0.175 e. The van der Waals surface area contributed by atoms with Gasteiger partial charge in [-0.05, 0) is 30.3 Å². The van der Waals surface area contributed by atoms with Gasteiger partial charge in [0.15, 0.2) is 15.7 Å². The fourth-order valence-corrected chi connectivity index (χ4v) is 2.53. The van der Waals surface area contributed by atoms with Gasteiger partial charge in [0.1, 0.15) is 5.82 Å². The molecule has 20 heavy (non-hydrogen) atoms. The molecule has 1 aromatic carbocycles. The Bertz CT molecular complexity index is 746. The monoisotopic (exact) mass is 331 g/mol. The molecule has 0 saturated heterocycles. The van der Waals surface area contributed by atoms with Crippen molar-refractivity contribution in [3.63, 3.8) is 0 Å². The smallest absolute Gasteiger partial charge is 0.175 e. The second-order valence-corrected chi connectivity index (χ2v) is 6.94. The lowest BCUT2D eigenvalue weighted by molar-refractivity contribution is 0.602. The zero-order chi connectivity index (χ0) is 14.9. The highest BCUT2D eigenvalue weighted by atomic mass is 35.5. The van der Waals surface area contributed by atoms with Gasteiger partial charge < -0.3 is 11.1 Å². The summed E-state index contributed by atoms with van der Waals surface area (Å²) in [5, 5.41) is 3.53. The predicted molar refractivity (Wildman–Crippen MR) is 81.5 cm³/mol. The van der Waals surface area contributed by atoms with Gasteiger partial charge in [0, 0.05) is 11.9 Å². The molecule has 5 nitrogen and oxygen atoms in total. The number of rotatable bonds is 3. The summed E-state index contributed by atoms with van der Waals surface area (Å²) in [6.07, 6.45) is 1.15. The summed E-state index contributed by atoms with van der Waals surface area (Å²) < 4.78 is 22.7. The first kappa shape index (κ1) is 14.9. The van der Waals surface area contributed by atoms with Crippen molar-refractivity contribution in [1.29, 1.82) is 0 Å². The number of sulfone groups is 1. The zero-order valence-electron chi connectivity index (χ0n) is 10.4. The Hall–Kier alpha value is -1.50. The first-order valence-electron chi connectivity index (χ1n) is 5.46. The van der Waals surface area contributed by atoms with Gasteiger partial charge in [0.05, 0.1) is 14.9 Å². The molecule has 0 atom stereocenters. The summed E-state index contributed by atoms with van der Waals surface area (Å²) in [4.78, 5) is 4.26. The van der Waals surface area contributed by atoms with E-state index in [1.54, 1.807) is 12.1 Å². The zero-order valence-corrected chi connectivity index (χ0v) is 12.7. The SMILES string of the molecule is CS(=O)(=O)c1ccc(Nc2nc(N)c(Cl)cc2Cl)cc1. The normalized spacial score (nSPS) is 11.3. The maximum atomic E-state index is 11.4. The lowest BCUT2D eigenvalue weighted by Gasteiger charge is -2.09. The Labute approximate surface area is 126 Å². The number of halogens is 2. The van der Waals surface area contributed by atoms with Crippen molar-refractivity contribution in [2.75, 3.05) is 17.3 Å². The molecule has 2 rings (SSSR count). The lowest BCUT2D eigenvalue weighted by atomic mass is 10.3. The number of pyridine rings is 1. The molecular formula is C12H11Cl2N3O2S. The molecule has 0 aliphatic carbocycles. The van der Waals surface area contributed by atoms with E-state index >= 15 is 0 Å². The average Bonchev–Trinajstić information content (AvgIpc) is 2.35. The van der Waals surface area contributed by atoms with Crippen molar-refractivity contribution in [1.82, 2.24) is 4.98 Å². The van der Waals surface area contributed by atoms with Crippen LogP contribution in [0.1, 0.15) is 0 Å². The summed E-state index contributed by atoms with van der Waals surface area (Å²) in [7, 11) is -3.22. The highest BCUT2D eigenvalue weighted by Gasteiger charge is 2.09. The van der Waals surface area contributed by atoms with Crippen LogP contribution in [0.3, 0.4) is 0 Å². The Morgan fingerprint density at radius 2 is 1.75 bits per heavy atom. The number of anilines is 3. The summed E-state index contributed by atoms with van der Waals surface area (Å²) in [5.74, 6) is 0.506. The van der Waals surface area contributed by atoms with Crippen LogP contribution in [0.25, 0.3) is 0 Å². The third-order valence-electron chi connectivity index (χ3n) is 2.50. The minimum Gasteiger partial charge on any atom is -0.382 e. The molecule has 0 aliphatic heterocycles. The standard InChI is InChI=1S/C12H11Cl2N3O2S/c1-20(18,19)8-4-2-7(3-5-8)16-12-10(14)6-9(13)11(15)17-12/h2-6H,1H3,(H3,15,16,17). The molecule has 8 heteroatoms. The van der Waals surface area contributed by atoms with Crippen LogP contribution in [0.2, 0.25) is 10.0 Å². The largest absolute Gasteiger partial charge is 0.382 e. The number of nitrogens with zero attached hydrogens (tertiary/aromatic N) is 1. The number of hydrogen-bond acceptors (Lipinski definition) is 5. The van der Waals surface area contributed by atoms with Crippen LogP contribution in [0.5, 0.6) is 0 Å². The second-order valence-electron chi connectivity index (χ2n) is 4.11.